The van der Waals surface area contributed by atoms with Crippen LogP contribution >= 0.6 is 24.2 Å². The average molecular weight is 363 g/mol. The van der Waals surface area contributed by atoms with Gasteiger partial charge in [-0.25, -0.2) is 0 Å². The quantitative estimate of drug-likeness (QED) is 0.528. The molecule has 5 nitrogen and oxygen atoms in total. The van der Waals surface area contributed by atoms with Crippen molar-refractivity contribution in [1.82, 2.24) is 5.32 Å². The van der Waals surface area contributed by atoms with Crippen molar-refractivity contribution in [2.24, 2.45) is 0 Å². The van der Waals surface area contributed by atoms with E-state index < -0.39 is 6.10 Å². The van der Waals surface area contributed by atoms with Crippen molar-refractivity contribution < 1.29 is 14.6 Å². The Kier molecular flexibility index (Phi) is 12.9. The zero-order valence-corrected chi connectivity index (χ0v) is 15.3. The van der Waals surface area contributed by atoms with Crippen LogP contribution in [-0.4, -0.2) is 48.3 Å². The molecule has 1 atom stereocenters. The first-order valence-electron chi connectivity index (χ1n) is 7.58. The summed E-state index contributed by atoms with van der Waals surface area (Å²) in [5.74, 6) is 2.87. The second-order valence-corrected chi connectivity index (χ2v) is 6.32. The molecule has 1 amide bonds. The summed E-state index contributed by atoms with van der Waals surface area (Å²) < 4.78 is 5.52. The first-order valence-corrected chi connectivity index (χ1v) is 8.74. The van der Waals surface area contributed by atoms with E-state index in [0.717, 1.165) is 30.2 Å². The van der Waals surface area contributed by atoms with Gasteiger partial charge in [0.05, 0.1) is 0 Å². The largest absolute Gasteiger partial charge is 0.491 e. The van der Waals surface area contributed by atoms with Gasteiger partial charge < -0.3 is 20.5 Å². The minimum Gasteiger partial charge on any atom is -0.491 e. The molecule has 23 heavy (non-hydrogen) atoms. The molecule has 1 aromatic rings. The normalized spacial score (nSPS) is 11.4. The summed E-state index contributed by atoms with van der Waals surface area (Å²) in [7, 11) is 0. The number of aliphatic hydroxyl groups is 1. The Morgan fingerprint density at radius 1 is 1.35 bits per heavy atom. The van der Waals surface area contributed by atoms with Gasteiger partial charge in [-0.15, -0.1) is 12.4 Å². The molecule has 0 aliphatic carbocycles. The summed E-state index contributed by atoms with van der Waals surface area (Å²) in [4.78, 5) is 10.9. The van der Waals surface area contributed by atoms with Crippen molar-refractivity contribution in [1.29, 1.82) is 0 Å². The number of thioether (sulfide) groups is 1. The Hall–Kier alpha value is -0.950. The molecule has 1 rings (SSSR count). The molecule has 0 saturated heterocycles. The molecule has 0 bridgehead atoms. The Morgan fingerprint density at radius 2 is 2.04 bits per heavy atom. The van der Waals surface area contributed by atoms with Crippen molar-refractivity contribution in [2.45, 2.75) is 26.4 Å². The SMILES string of the molecule is CCSCCCNCC(O)COc1ccc(NC(C)=O)cc1.Cl. The van der Waals surface area contributed by atoms with Crippen LogP contribution in [0.2, 0.25) is 0 Å². The van der Waals surface area contributed by atoms with Crippen LogP contribution in [0.1, 0.15) is 20.3 Å². The molecule has 0 radical (unpaired) electrons. The highest BCUT2D eigenvalue weighted by molar-refractivity contribution is 7.99. The molecule has 7 heteroatoms. The van der Waals surface area contributed by atoms with Crippen molar-refractivity contribution in [3.05, 3.63) is 24.3 Å². The highest BCUT2D eigenvalue weighted by Crippen LogP contribution is 2.15. The van der Waals surface area contributed by atoms with Crippen molar-refractivity contribution in [3.8, 4) is 5.75 Å². The van der Waals surface area contributed by atoms with Crippen molar-refractivity contribution in [2.75, 3.05) is 36.5 Å². The number of anilines is 1. The number of amides is 1. The smallest absolute Gasteiger partial charge is 0.221 e. The topological polar surface area (TPSA) is 70.6 Å². The number of aliphatic hydroxyl groups excluding tert-OH is 1. The van der Waals surface area contributed by atoms with Crippen LogP contribution in [0.15, 0.2) is 24.3 Å². The van der Waals surface area contributed by atoms with Crippen molar-refractivity contribution in [3.63, 3.8) is 0 Å². The van der Waals surface area contributed by atoms with E-state index >= 15 is 0 Å². The predicted molar refractivity (Wildman–Crippen MR) is 100.0 cm³/mol. The maximum absolute atomic E-state index is 10.9. The van der Waals surface area contributed by atoms with Gasteiger partial charge in [0.1, 0.15) is 18.5 Å². The number of ether oxygens (including phenoxy) is 1. The minimum absolute atomic E-state index is 0. The number of carbonyl (C=O) groups excluding carboxylic acids is 1. The number of rotatable bonds is 11. The van der Waals surface area contributed by atoms with E-state index in [4.69, 9.17) is 4.74 Å². The lowest BCUT2D eigenvalue weighted by Crippen LogP contribution is -2.32. The third kappa shape index (κ3) is 11.3. The van der Waals surface area contributed by atoms with Gasteiger partial charge in [0.25, 0.3) is 0 Å². The third-order valence-corrected chi connectivity index (χ3v) is 3.83. The molecule has 1 aromatic carbocycles. The summed E-state index contributed by atoms with van der Waals surface area (Å²) >= 11 is 1.93. The number of carbonyl (C=O) groups is 1. The lowest BCUT2D eigenvalue weighted by molar-refractivity contribution is -0.114. The second kappa shape index (κ2) is 13.5. The van der Waals surface area contributed by atoms with E-state index in [-0.39, 0.29) is 24.9 Å². The first-order chi connectivity index (χ1) is 10.6. The molecule has 0 heterocycles. The van der Waals surface area contributed by atoms with Gasteiger partial charge in [0.2, 0.25) is 5.91 Å². The first kappa shape index (κ1) is 22.1. The molecular weight excluding hydrogens is 336 g/mol. The highest BCUT2D eigenvalue weighted by Gasteiger charge is 2.05. The fourth-order valence-electron chi connectivity index (χ4n) is 1.80. The third-order valence-electron chi connectivity index (χ3n) is 2.84. The fraction of sp³-hybridized carbons (Fsp3) is 0.562. The van der Waals surface area contributed by atoms with Gasteiger partial charge >= 0.3 is 0 Å². The van der Waals surface area contributed by atoms with Crippen LogP contribution in [0.3, 0.4) is 0 Å². The van der Waals surface area contributed by atoms with Crippen LogP contribution in [-0.2, 0) is 4.79 Å². The van der Waals surface area contributed by atoms with Crippen LogP contribution in [0, 0.1) is 0 Å². The van der Waals surface area contributed by atoms with Crippen molar-refractivity contribution >= 4 is 35.8 Å². The lowest BCUT2D eigenvalue weighted by atomic mass is 10.3. The van der Waals surface area contributed by atoms with Gasteiger partial charge in [-0.2, -0.15) is 11.8 Å². The van der Waals surface area contributed by atoms with E-state index in [0.29, 0.717) is 12.3 Å². The van der Waals surface area contributed by atoms with E-state index in [1.807, 2.05) is 11.8 Å². The van der Waals surface area contributed by atoms with Gasteiger partial charge in [-0.3, -0.25) is 4.79 Å². The van der Waals surface area contributed by atoms with E-state index in [1.54, 1.807) is 24.3 Å². The Morgan fingerprint density at radius 3 is 2.65 bits per heavy atom. The number of halogens is 1. The summed E-state index contributed by atoms with van der Waals surface area (Å²) in [5.41, 5.74) is 0.729. The van der Waals surface area contributed by atoms with Crippen LogP contribution in [0.5, 0.6) is 5.75 Å². The molecule has 132 valence electrons. The Balaban J connectivity index is 0.00000484. The van der Waals surface area contributed by atoms with Gasteiger partial charge in [0.15, 0.2) is 0 Å². The fourth-order valence-corrected chi connectivity index (χ4v) is 2.44. The van der Waals surface area contributed by atoms with Gasteiger partial charge in [-0.1, -0.05) is 6.92 Å². The monoisotopic (exact) mass is 362 g/mol. The molecule has 1 unspecified atom stereocenters. The van der Waals surface area contributed by atoms with E-state index in [9.17, 15) is 9.90 Å². The molecule has 0 fully saturated rings. The lowest BCUT2D eigenvalue weighted by Gasteiger charge is -2.13. The van der Waals surface area contributed by atoms with Gasteiger partial charge in [0, 0.05) is 19.2 Å². The number of hydrogen-bond acceptors (Lipinski definition) is 5. The molecule has 0 aromatic heterocycles. The van der Waals surface area contributed by atoms with Crippen LogP contribution in [0.4, 0.5) is 5.69 Å². The average Bonchev–Trinajstić information content (AvgIpc) is 2.49. The van der Waals surface area contributed by atoms with Gasteiger partial charge in [-0.05, 0) is 48.7 Å². The maximum Gasteiger partial charge on any atom is 0.221 e. The highest BCUT2D eigenvalue weighted by atomic mass is 35.5. The summed E-state index contributed by atoms with van der Waals surface area (Å²) in [5, 5.41) is 15.7. The summed E-state index contributed by atoms with van der Waals surface area (Å²) in [6.45, 7) is 5.31. The Bertz CT molecular complexity index is 432. The molecule has 0 aliphatic rings. The van der Waals surface area contributed by atoms with Crippen LogP contribution < -0.4 is 15.4 Å². The molecule has 0 aliphatic heterocycles. The molecular formula is C16H27ClN2O3S. The zero-order valence-electron chi connectivity index (χ0n) is 13.7. The number of benzene rings is 1. The minimum atomic E-state index is -0.533. The standard InChI is InChI=1S/C16H26N2O3S.ClH/c1-3-22-10-4-9-17-11-15(20)12-21-16-7-5-14(6-8-16)18-13(2)19;/h5-8,15,17,20H,3-4,9-12H2,1-2H3,(H,18,19);1H. The van der Waals surface area contributed by atoms with E-state index in [2.05, 4.69) is 17.6 Å². The molecule has 0 spiro atoms. The summed E-state index contributed by atoms with van der Waals surface area (Å²) in [6, 6.07) is 7.08. The summed E-state index contributed by atoms with van der Waals surface area (Å²) in [6.07, 6.45) is 0.574. The maximum atomic E-state index is 10.9. The molecule has 0 saturated carbocycles. The molecule has 3 N–H and O–H groups in total. The van der Waals surface area contributed by atoms with Crippen LogP contribution in [0.25, 0.3) is 0 Å². The Labute approximate surface area is 149 Å². The second-order valence-electron chi connectivity index (χ2n) is 4.92. The number of hydrogen-bond donors (Lipinski definition) is 3. The zero-order chi connectivity index (χ0) is 16.2. The predicted octanol–water partition coefficient (Wildman–Crippen LogP) is 2.54. The van der Waals surface area contributed by atoms with E-state index in [1.165, 1.54) is 6.92 Å². The number of nitrogens with one attached hydrogen (secondary N) is 2.